The zero-order chi connectivity index (χ0) is 11.2. The monoisotopic (exact) mass is 243 g/mol. The molecule has 3 N–H and O–H groups in total. The van der Waals surface area contributed by atoms with E-state index < -0.39 is 0 Å². The maximum absolute atomic E-state index is 5.47. The van der Waals surface area contributed by atoms with Gasteiger partial charge in [-0.05, 0) is 0 Å². The Balaban J connectivity index is 1.66. The van der Waals surface area contributed by atoms with Gasteiger partial charge in [0.2, 0.25) is 5.13 Å². The molecule has 1 saturated heterocycles. The van der Waals surface area contributed by atoms with Crippen molar-refractivity contribution in [3.8, 4) is 0 Å². The van der Waals surface area contributed by atoms with Gasteiger partial charge in [-0.15, -0.1) is 10.2 Å². The predicted octanol–water partition coefficient (Wildman–Crippen LogP) is -0.259. The Kier molecular flexibility index (Phi) is 4.46. The van der Waals surface area contributed by atoms with Crippen LogP contribution in [0.15, 0.2) is 0 Å². The first-order chi connectivity index (χ1) is 7.88. The maximum Gasteiger partial charge on any atom is 0.205 e. The van der Waals surface area contributed by atoms with Crippen molar-refractivity contribution in [3.63, 3.8) is 0 Å². The standard InChI is InChI=1S/C9H17N5OS/c10-7-8-12-13-9(16-8)11-1-2-14-3-5-15-6-4-14/h1-7,10H2,(H,11,13). The molecule has 0 saturated carbocycles. The molecule has 1 aromatic heterocycles. The van der Waals surface area contributed by atoms with Crippen LogP contribution in [0.25, 0.3) is 0 Å². The van der Waals surface area contributed by atoms with E-state index in [0.29, 0.717) is 6.54 Å². The molecule has 2 rings (SSSR count). The summed E-state index contributed by atoms with van der Waals surface area (Å²) in [6.07, 6.45) is 0. The minimum atomic E-state index is 0.461. The van der Waals surface area contributed by atoms with E-state index in [1.807, 2.05) is 0 Å². The van der Waals surface area contributed by atoms with Crippen LogP contribution in [0.2, 0.25) is 0 Å². The molecule has 1 aromatic rings. The van der Waals surface area contributed by atoms with E-state index in [9.17, 15) is 0 Å². The molecule has 0 aromatic carbocycles. The van der Waals surface area contributed by atoms with Crippen molar-refractivity contribution in [3.05, 3.63) is 5.01 Å². The van der Waals surface area contributed by atoms with Crippen LogP contribution in [0, 0.1) is 0 Å². The summed E-state index contributed by atoms with van der Waals surface area (Å²) in [4.78, 5) is 2.38. The molecule has 2 heterocycles. The fourth-order valence-corrected chi connectivity index (χ4v) is 2.20. The van der Waals surface area contributed by atoms with E-state index in [4.69, 9.17) is 10.5 Å². The van der Waals surface area contributed by atoms with Crippen molar-refractivity contribution in [1.29, 1.82) is 0 Å². The molecular formula is C9H17N5OS. The molecule has 0 atom stereocenters. The predicted molar refractivity (Wildman–Crippen MR) is 63.5 cm³/mol. The third-order valence-corrected chi connectivity index (χ3v) is 3.35. The second-order valence-electron chi connectivity index (χ2n) is 3.59. The Morgan fingerprint density at radius 2 is 2.19 bits per heavy atom. The molecule has 1 fully saturated rings. The number of nitrogens with zero attached hydrogens (tertiary/aromatic N) is 3. The minimum Gasteiger partial charge on any atom is -0.379 e. The lowest BCUT2D eigenvalue weighted by molar-refractivity contribution is 0.0398. The van der Waals surface area contributed by atoms with Crippen LogP contribution in [0.5, 0.6) is 0 Å². The number of anilines is 1. The average molecular weight is 243 g/mol. The number of nitrogens with two attached hydrogens (primary N) is 1. The van der Waals surface area contributed by atoms with E-state index in [1.54, 1.807) is 0 Å². The van der Waals surface area contributed by atoms with Crippen LogP contribution >= 0.6 is 11.3 Å². The molecule has 0 radical (unpaired) electrons. The quantitative estimate of drug-likeness (QED) is 0.742. The van der Waals surface area contributed by atoms with Crippen LogP contribution in [-0.2, 0) is 11.3 Å². The van der Waals surface area contributed by atoms with Gasteiger partial charge >= 0.3 is 0 Å². The highest BCUT2D eigenvalue weighted by molar-refractivity contribution is 7.15. The van der Waals surface area contributed by atoms with Gasteiger partial charge in [0.05, 0.1) is 13.2 Å². The fourth-order valence-electron chi connectivity index (χ4n) is 1.55. The van der Waals surface area contributed by atoms with Gasteiger partial charge in [-0.1, -0.05) is 11.3 Å². The molecule has 0 bridgehead atoms. The molecule has 7 heteroatoms. The molecule has 90 valence electrons. The summed E-state index contributed by atoms with van der Waals surface area (Å²) in [6, 6.07) is 0. The third kappa shape index (κ3) is 3.38. The van der Waals surface area contributed by atoms with E-state index in [2.05, 4.69) is 20.4 Å². The van der Waals surface area contributed by atoms with Gasteiger partial charge in [0.1, 0.15) is 5.01 Å². The van der Waals surface area contributed by atoms with Gasteiger partial charge in [-0.25, -0.2) is 0 Å². The second-order valence-corrected chi connectivity index (χ2v) is 4.65. The van der Waals surface area contributed by atoms with Crippen LogP contribution in [0.3, 0.4) is 0 Å². The first kappa shape index (κ1) is 11.7. The molecule has 1 aliphatic rings. The van der Waals surface area contributed by atoms with E-state index in [0.717, 1.165) is 49.5 Å². The largest absolute Gasteiger partial charge is 0.379 e. The Bertz CT molecular complexity index is 313. The maximum atomic E-state index is 5.47. The summed E-state index contributed by atoms with van der Waals surface area (Å²) in [6.45, 7) is 6.09. The van der Waals surface area contributed by atoms with Gasteiger partial charge in [0.15, 0.2) is 0 Å². The summed E-state index contributed by atoms with van der Waals surface area (Å²) >= 11 is 1.52. The second kappa shape index (κ2) is 6.09. The van der Waals surface area contributed by atoms with Crippen molar-refractivity contribution in [1.82, 2.24) is 15.1 Å². The lowest BCUT2D eigenvalue weighted by Crippen LogP contribution is -2.38. The highest BCUT2D eigenvalue weighted by atomic mass is 32.1. The van der Waals surface area contributed by atoms with Gasteiger partial charge < -0.3 is 15.8 Å². The summed E-state index contributed by atoms with van der Waals surface area (Å²) in [5, 5.41) is 12.9. The number of rotatable bonds is 5. The SMILES string of the molecule is NCc1nnc(NCCN2CCOCC2)s1. The highest BCUT2D eigenvalue weighted by Gasteiger charge is 2.09. The van der Waals surface area contributed by atoms with Gasteiger partial charge in [-0.2, -0.15) is 0 Å². The van der Waals surface area contributed by atoms with Crippen molar-refractivity contribution in [2.24, 2.45) is 5.73 Å². The molecule has 0 aliphatic carbocycles. The summed E-state index contributed by atoms with van der Waals surface area (Å²) in [5.41, 5.74) is 5.47. The van der Waals surface area contributed by atoms with Crippen molar-refractivity contribution < 1.29 is 4.74 Å². The Hall–Kier alpha value is -0.760. The van der Waals surface area contributed by atoms with E-state index >= 15 is 0 Å². The number of nitrogens with one attached hydrogen (secondary N) is 1. The summed E-state index contributed by atoms with van der Waals surface area (Å²) in [7, 11) is 0. The van der Waals surface area contributed by atoms with Crippen LogP contribution in [-0.4, -0.2) is 54.5 Å². The minimum absolute atomic E-state index is 0.461. The fraction of sp³-hybridized carbons (Fsp3) is 0.778. The topological polar surface area (TPSA) is 76.3 Å². The van der Waals surface area contributed by atoms with Crippen LogP contribution < -0.4 is 11.1 Å². The Morgan fingerprint density at radius 1 is 1.38 bits per heavy atom. The first-order valence-electron chi connectivity index (χ1n) is 5.45. The normalized spacial score (nSPS) is 17.6. The van der Waals surface area contributed by atoms with Gasteiger partial charge in [0.25, 0.3) is 0 Å². The molecule has 0 spiro atoms. The molecule has 0 unspecified atom stereocenters. The van der Waals surface area contributed by atoms with Crippen molar-refractivity contribution in [2.45, 2.75) is 6.54 Å². The van der Waals surface area contributed by atoms with Crippen LogP contribution in [0.4, 0.5) is 5.13 Å². The Morgan fingerprint density at radius 3 is 2.88 bits per heavy atom. The van der Waals surface area contributed by atoms with Crippen LogP contribution in [0.1, 0.15) is 5.01 Å². The van der Waals surface area contributed by atoms with Gasteiger partial charge in [-0.3, -0.25) is 4.90 Å². The van der Waals surface area contributed by atoms with Crippen molar-refractivity contribution in [2.75, 3.05) is 44.7 Å². The lowest BCUT2D eigenvalue weighted by Gasteiger charge is -2.26. The number of hydrogen-bond acceptors (Lipinski definition) is 7. The molecule has 0 amide bonds. The number of aromatic nitrogens is 2. The summed E-state index contributed by atoms with van der Waals surface area (Å²) in [5.74, 6) is 0. The van der Waals surface area contributed by atoms with Gasteiger partial charge in [0, 0.05) is 32.7 Å². The van der Waals surface area contributed by atoms with E-state index in [-0.39, 0.29) is 0 Å². The number of morpholine rings is 1. The first-order valence-corrected chi connectivity index (χ1v) is 6.26. The molecular weight excluding hydrogens is 226 g/mol. The number of ether oxygens (including phenoxy) is 1. The number of hydrogen-bond donors (Lipinski definition) is 2. The lowest BCUT2D eigenvalue weighted by atomic mass is 10.4. The zero-order valence-electron chi connectivity index (χ0n) is 9.19. The Labute approximate surface area is 98.8 Å². The molecule has 1 aliphatic heterocycles. The van der Waals surface area contributed by atoms with Crippen molar-refractivity contribution >= 4 is 16.5 Å². The molecule has 16 heavy (non-hydrogen) atoms. The smallest absolute Gasteiger partial charge is 0.205 e. The highest BCUT2D eigenvalue weighted by Crippen LogP contribution is 2.13. The summed E-state index contributed by atoms with van der Waals surface area (Å²) < 4.78 is 5.29. The average Bonchev–Trinajstić information content (AvgIpc) is 2.78. The molecule has 6 nitrogen and oxygen atoms in total. The zero-order valence-corrected chi connectivity index (χ0v) is 10.0. The van der Waals surface area contributed by atoms with E-state index in [1.165, 1.54) is 11.3 Å². The third-order valence-electron chi connectivity index (χ3n) is 2.45.